The number of hydrogen-bond acceptors (Lipinski definition) is 3. The topological polar surface area (TPSA) is 62.7 Å². The number of hydrogen-bond donors (Lipinski definition) is 2. The normalized spacial score (nSPS) is 16.9. The van der Waals surface area contributed by atoms with Gasteiger partial charge in [0, 0.05) is 30.2 Å². The molecule has 1 fully saturated rings. The zero-order valence-electron chi connectivity index (χ0n) is 10.1. The summed E-state index contributed by atoms with van der Waals surface area (Å²) >= 11 is 0. The summed E-state index contributed by atoms with van der Waals surface area (Å²) in [5, 5.41) is 3.31. The van der Waals surface area contributed by atoms with E-state index in [-0.39, 0.29) is 5.69 Å². The predicted molar refractivity (Wildman–Crippen MR) is 69.4 cm³/mol. The van der Waals surface area contributed by atoms with Gasteiger partial charge in [0.25, 0.3) is 0 Å². The van der Waals surface area contributed by atoms with Crippen molar-refractivity contribution in [2.45, 2.75) is 18.9 Å². The van der Waals surface area contributed by atoms with E-state index in [1.807, 2.05) is 22.9 Å². The van der Waals surface area contributed by atoms with Crippen molar-refractivity contribution in [3.63, 3.8) is 0 Å². The van der Waals surface area contributed by atoms with Gasteiger partial charge in [-0.2, -0.15) is 0 Å². The maximum Gasteiger partial charge on any atom is 0.326 e. The molecule has 0 aromatic carbocycles. The van der Waals surface area contributed by atoms with Gasteiger partial charge in [-0.15, -0.1) is 0 Å². The van der Waals surface area contributed by atoms with Gasteiger partial charge in [-0.1, -0.05) is 0 Å². The lowest BCUT2D eigenvalue weighted by atomic mass is 10.1. The molecule has 0 saturated carbocycles. The first-order valence-electron chi connectivity index (χ1n) is 6.27. The monoisotopic (exact) mass is 244 g/mol. The van der Waals surface area contributed by atoms with Crippen LogP contribution in [0.3, 0.4) is 0 Å². The number of pyridine rings is 1. The van der Waals surface area contributed by atoms with E-state index in [9.17, 15) is 4.79 Å². The van der Waals surface area contributed by atoms with Gasteiger partial charge in [0.15, 0.2) is 0 Å². The number of imidazole rings is 1. The zero-order valence-corrected chi connectivity index (χ0v) is 10.1. The number of rotatable bonds is 2. The molecule has 2 N–H and O–H groups in total. The zero-order chi connectivity index (χ0) is 12.4. The summed E-state index contributed by atoms with van der Waals surface area (Å²) in [5.74, 6) is 0. The molecule has 2 aromatic rings. The summed E-state index contributed by atoms with van der Waals surface area (Å²) in [6, 6.07) is 4.13. The molecule has 0 aliphatic carbocycles. The standard InChI is InChI=1S/C13H16N4O/c18-13-16-12(10-2-1-5-15-8-10)9-17(13)11-3-6-14-7-4-11/h1-2,5,8-9,11,14H,3-4,6-7H2,(H,16,18). The fraction of sp³-hybridized carbons (Fsp3) is 0.385. The lowest BCUT2D eigenvalue weighted by Crippen LogP contribution is -2.32. The van der Waals surface area contributed by atoms with Crippen LogP contribution in [0.4, 0.5) is 0 Å². The molecule has 0 bridgehead atoms. The highest BCUT2D eigenvalue weighted by Gasteiger charge is 2.17. The summed E-state index contributed by atoms with van der Waals surface area (Å²) < 4.78 is 1.82. The Kier molecular flexibility index (Phi) is 2.98. The van der Waals surface area contributed by atoms with Crippen molar-refractivity contribution in [3.05, 3.63) is 41.2 Å². The van der Waals surface area contributed by atoms with Crippen molar-refractivity contribution in [2.75, 3.05) is 13.1 Å². The maximum absolute atomic E-state index is 12.0. The molecule has 1 aliphatic heterocycles. The fourth-order valence-corrected chi connectivity index (χ4v) is 2.43. The van der Waals surface area contributed by atoms with Crippen LogP contribution in [0, 0.1) is 0 Å². The number of nitrogens with zero attached hydrogens (tertiary/aromatic N) is 2. The van der Waals surface area contributed by atoms with Gasteiger partial charge in [-0.3, -0.25) is 9.55 Å². The van der Waals surface area contributed by atoms with Crippen molar-refractivity contribution in [1.82, 2.24) is 19.9 Å². The first kappa shape index (κ1) is 11.2. The van der Waals surface area contributed by atoms with E-state index < -0.39 is 0 Å². The number of aromatic amines is 1. The van der Waals surface area contributed by atoms with Crippen molar-refractivity contribution in [2.24, 2.45) is 0 Å². The summed E-state index contributed by atoms with van der Waals surface area (Å²) in [6.07, 6.45) is 7.41. The first-order chi connectivity index (χ1) is 8.84. The molecule has 0 radical (unpaired) electrons. The molecule has 3 rings (SSSR count). The Morgan fingerprint density at radius 1 is 1.33 bits per heavy atom. The Morgan fingerprint density at radius 2 is 2.17 bits per heavy atom. The van der Waals surface area contributed by atoms with E-state index in [4.69, 9.17) is 0 Å². The Morgan fingerprint density at radius 3 is 2.89 bits per heavy atom. The third-order valence-electron chi connectivity index (χ3n) is 3.42. The Labute approximate surface area is 105 Å². The molecule has 18 heavy (non-hydrogen) atoms. The van der Waals surface area contributed by atoms with Crippen molar-refractivity contribution < 1.29 is 0 Å². The van der Waals surface area contributed by atoms with Crippen LogP contribution >= 0.6 is 0 Å². The molecule has 94 valence electrons. The highest BCUT2D eigenvalue weighted by molar-refractivity contribution is 5.56. The van der Waals surface area contributed by atoms with Gasteiger partial charge < -0.3 is 10.3 Å². The lowest BCUT2D eigenvalue weighted by molar-refractivity contribution is 0.361. The van der Waals surface area contributed by atoms with Gasteiger partial charge in [-0.05, 0) is 38.1 Å². The molecule has 0 amide bonds. The second-order valence-corrected chi connectivity index (χ2v) is 4.60. The Bertz CT molecular complexity index is 566. The average Bonchev–Trinajstić information content (AvgIpc) is 2.83. The quantitative estimate of drug-likeness (QED) is 0.833. The van der Waals surface area contributed by atoms with Crippen LogP contribution in [0.1, 0.15) is 18.9 Å². The smallest absolute Gasteiger partial charge is 0.317 e. The largest absolute Gasteiger partial charge is 0.326 e. The molecule has 0 spiro atoms. The molecule has 5 heteroatoms. The van der Waals surface area contributed by atoms with Gasteiger partial charge in [-0.25, -0.2) is 4.79 Å². The van der Waals surface area contributed by atoms with Crippen LogP contribution in [0.25, 0.3) is 11.3 Å². The molecule has 2 aromatic heterocycles. The van der Waals surface area contributed by atoms with Crippen LogP contribution in [0.2, 0.25) is 0 Å². The van der Waals surface area contributed by atoms with E-state index in [1.54, 1.807) is 12.4 Å². The lowest BCUT2D eigenvalue weighted by Gasteiger charge is -2.22. The molecular weight excluding hydrogens is 228 g/mol. The minimum Gasteiger partial charge on any atom is -0.317 e. The SMILES string of the molecule is O=c1[nH]c(-c2cccnc2)cn1C1CCNCC1. The minimum atomic E-state index is -0.0271. The second-order valence-electron chi connectivity index (χ2n) is 4.60. The van der Waals surface area contributed by atoms with Gasteiger partial charge in [0.1, 0.15) is 0 Å². The first-order valence-corrected chi connectivity index (χ1v) is 6.27. The maximum atomic E-state index is 12.0. The molecular formula is C13H16N4O. The van der Waals surface area contributed by atoms with Crippen LogP contribution < -0.4 is 11.0 Å². The third-order valence-corrected chi connectivity index (χ3v) is 3.42. The molecule has 5 nitrogen and oxygen atoms in total. The number of nitrogens with one attached hydrogen (secondary N) is 2. The fourth-order valence-electron chi connectivity index (χ4n) is 2.43. The number of aromatic nitrogens is 3. The summed E-state index contributed by atoms with van der Waals surface area (Å²) in [6.45, 7) is 1.95. The highest BCUT2D eigenvalue weighted by Crippen LogP contribution is 2.20. The van der Waals surface area contributed by atoms with Gasteiger partial charge in [0.2, 0.25) is 0 Å². The van der Waals surface area contributed by atoms with Crippen LogP contribution in [0.15, 0.2) is 35.5 Å². The molecule has 3 heterocycles. The average molecular weight is 244 g/mol. The summed E-state index contributed by atoms with van der Waals surface area (Å²) in [4.78, 5) is 19.0. The molecule has 0 atom stereocenters. The minimum absolute atomic E-state index is 0.0271. The van der Waals surface area contributed by atoms with Crippen molar-refractivity contribution in [3.8, 4) is 11.3 Å². The van der Waals surface area contributed by atoms with Crippen LogP contribution in [-0.4, -0.2) is 27.6 Å². The van der Waals surface area contributed by atoms with Crippen molar-refractivity contribution >= 4 is 0 Å². The number of H-pyrrole nitrogens is 1. The van der Waals surface area contributed by atoms with E-state index in [0.717, 1.165) is 37.2 Å². The second kappa shape index (κ2) is 4.78. The van der Waals surface area contributed by atoms with Crippen molar-refractivity contribution in [1.29, 1.82) is 0 Å². The van der Waals surface area contributed by atoms with Gasteiger partial charge >= 0.3 is 5.69 Å². The Balaban J connectivity index is 1.93. The van der Waals surface area contributed by atoms with E-state index >= 15 is 0 Å². The van der Waals surface area contributed by atoms with E-state index in [2.05, 4.69) is 15.3 Å². The predicted octanol–water partition coefficient (Wildman–Crippen LogP) is 1.16. The molecule has 1 saturated heterocycles. The molecule has 1 aliphatic rings. The van der Waals surface area contributed by atoms with Crippen LogP contribution in [0.5, 0.6) is 0 Å². The summed E-state index contributed by atoms with van der Waals surface area (Å²) in [5.41, 5.74) is 1.76. The van der Waals surface area contributed by atoms with Gasteiger partial charge in [0.05, 0.1) is 5.69 Å². The number of piperidine rings is 1. The van der Waals surface area contributed by atoms with E-state index in [1.165, 1.54) is 0 Å². The highest BCUT2D eigenvalue weighted by atomic mass is 16.1. The summed E-state index contributed by atoms with van der Waals surface area (Å²) in [7, 11) is 0. The van der Waals surface area contributed by atoms with E-state index in [0.29, 0.717) is 6.04 Å². The Hall–Kier alpha value is -1.88. The third kappa shape index (κ3) is 2.09. The molecule has 0 unspecified atom stereocenters. The van der Waals surface area contributed by atoms with Crippen LogP contribution in [-0.2, 0) is 0 Å².